The zero-order valence-electron chi connectivity index (χ0n) is 14.6. The van der Waals surface area contributed by atoms with E-state index in [-0.39, 0.29) is 11.8 Å². The Morgan fingerprint density at radius 1 is 0.960 bits per heavy atom. The number of amides is 2. The van der Waals surface area contributed by atoms with Crippen molar-refractivity contribution in [1.82, 2.24) is 5.32 Å². The Labute approximate surface area is 148 Å². The van der Waals surface area contributed by atoms with E-state index >= 15 is 0 Å². The van der Waals surface area contributed by atoms with Gasteiger partial charge in [0.25, 0.3) is 0 Å². The maximum absolute atomic E-state index is 12.1. The molecule has 1 aliphatic rings. The molecule has 25 heavy (non-hydrogen) atoms. The van der Waals surface area contributed by atoms with Crippen LogP contribution in [0.15, 0.2) is 42.5 Å². The molecule has 2 N–H and O–H groups in total. The van der Waals surface area contributed by atoms with Crippen LogP contribution in [0, 0.1) is 0 Å². The van der Waals surface area contributed by atoms with E-state index in [1.165, 1.54) is 29.2 Å². The summed E-state index contributed by atoms with van der Waals surface area (Å²) in [6.45, 7) is 2.20. The highest BCUT2D eigenvalue weighted by atomic mass is 16.2. The first-order valence-corrected chi connectivity index (χ1v) is 8.89. The summed E-state index contributed by atoms with van der Waals surface area (Å²) in [7, 11) is 0. The van der Waals surface area contributed by atoms with Crippen molar-refractivity contribution in [3.05, 3.63) is 53.6 Å². The zero-order valence-corrected chi connectivity index (χ0v) is 14.6. The van der Waals surface area contributed by atoms with Crippen LogP contribution in [-0.4, -0.2) is 18.4 Å². The molecule has 130 valence electrons. The minimum absolute atomic E-state index is 0.00324. The molecule has 0 spiro atoms. The third kappa shape index (κ3) is 4.47. The van der Waals surface area contributed by atoms with E-state index in [1.54, 1.807) is 0 Å². The monoisotopic (exact) mass is 336 g/mol. The average molecular weight is 336 g/mol. The van der Waals surface area contributed by atoms with Crippen molar-refractivity contribution in [3.8, 4) is 11.1 Å². The summed E-state index contributed by atoms with van der Waals surface area (Å²) in [6, 6.07) is 14.6. The van der Waals surface area contributed by atoms with Gasteiger partial charge in [-0.2, -0.15) is 0 Å². The summed E-state index contributed by atoms with van der Waals surface area (Å²) < 4.78 is 0. The van der Waals surface area contributed by atoms with Crippen molar-refractivity contribution >= 4 is 17.5 Å². The molecule has 0 atom stereocenters. The Morgan fingerprint density at radius 2 is 1.76 bits per heavy atom. The first kappa shape index (κ1) is 17.2. The van der Waals surface area contributed by atoms with E-state index in [0.717, 1.165) is 31.4 Å². The van der Waals surface area contributed by atoms with Crippen molar-refractivity contribution in [2.24, 2.45) is 0 Å². The minimum atomic E-state index is -0.00324. The molecule has 2 aromatic rings. The number of benzene rings is 2. The predicted octanol–water partition coefficient (Wildman–Crippen LogP) is 3.89. The normalized spacial score (nSPS) is 11.6. The Bertz CT molecular complexity index is 783. The Kier molecular flexibility index (Phi) is 5.49. The van der Waals surface area contributed by atoms with Crippen LogP contribution in [0.25, 0.3) is 11.1 Å². The molecule has 0 radical (unpaired) electrons. The lowest BCUT2D eigenvalue weighted by atomic mass is 10.1. The summed E-state index contributed by atoms with van der Waals surface area (Å²) in [5, 5.41) is 5.76. The Morgan fingerprint density at radius 3 is 2.60 bits per heavy atom. The fourth-order valence-corrected chi connectivity index (χ4v) is 3.30. The first-order valence-electron chi connectivity index (χ1n) is 8.89. The van der Waals surface area contributed by atoms with Gasteiger partial charge >= 0.3 is 0 Å². The highest BCUT2D eigenvalue weighted by molar-refractivity contribution is 5.91. The summed E-state index contributed by atoms with van der Waals surface area (Å²) in [6.07, 6.45) is 4.12. The van der Waals surface area contributed by atoms with E-state index in [0.29, 0.717) is 13.0 Å². The topological polar surface area (TPSA) is 58.2 Å². The standard InChI is InChI=1S/C21H24N2O2/c1-15(24)22-12-6-2-3-9-21(25)23-18-10-11-20-17(14-18)13-16-7-4-5-8-19(16)20/h4-5,7-8,10-11,14H,2-3,6,9,12-13H2,1H3,(H,22,24)(H,23,25). The molecule has 0 aliphatic heterocycles. The second-order valence-corrected chi connectivity index (χ2v) is 6.55. The van der Waals surface area contributed by atoms with Crippen LogP contribution < -0.4 is 10.6 Å². The number of hydrogen-bond donors (Lipinski definition) is 2. The SMILES string of the molecule is CC(=O)NCCCCCC(=O)Nc1ccc2c(c1)Cc1ccccc1-2. The van der Waals surface area contributed by atoms with E-state index < -0.39 is 0 Å². The van der Waals surface area contributed by atoms with Crippen LogP contribution in [0.3, 0.4) is 0 Å². The molecule has 2 amide bonds. The van der Waals surface area contributed by atoms with Crippen LogP contribution in [0.4, 0.5) is 5.69 Å². The molecular formula is C21H24N2O2. The van der Waals surface area contributed by atoms with Crippen molar-refractivity contribution in [2.45, 2.75) is 39.0 Å². The molecule has 0 bridgehead atoms. The maximum Gasteiger partial charge on any atom is 0.224 e. The summed E-state index contributed by atoms with van der Waals surface area (Å²) >= 11 is 0. The second kappa shape index (κ2) is 7.97. The van der Waals surface area contributed by atoms with E-state index in [4.69, 9.17) is 0 Å². The van der Waals surface area contributed by atoms with Crippen molar-refractivity contribution in [3.63, 3.8) is 0 Å². The lowest BCUT2D eigenvalue weighted by Gasteiger charge is -2.08. The third-order valence-corrected chi connectivity index (χ3v) is 4.53. The van der Waals surface area contributed by atoms with E-state index in [2.05, 4.69) is 47.0 Å². The van der Waals surface area contributed by atoms with Crippen LogP contribution >= 0.6 is 0 Å². The largest absolute Gasteiger partial charge is 0.356 e. The quantitative estimate of drug-likeness (QED) is 0.643. The lowest BCUT2D eigenvalue weighted by molar-refractivity contribution is -0.119. The van der Waals surface area contributed by atoms with Gasteiger partial charge in [-0.05, 0) is 53.6 Å². The molecule has 0 unspecified atom stereocenters. The van der Waals surface area contributed by atoms with Gasteiger partial charge in [-0.25, -0.2) is 0 Å². The number of carbonyl (C=O) groups is 2. The van der Waals surface area contributed by atoms with Gasteiger partial charge in [-0.15, -0.1) is 0 Å². The van der Waals surface area contributed by atoms with Gasteiger partial charge in [-0.1, -0.05) is 36.8 Å². The van der Waals surface area contributed by atoms with Crippen molar-refractivity contribution in [2.75, 3.05) is 11.9 Å². The number of fused-ring (bicyclic) bond motifs is 3. The first-order chi connectivity index (χ1) is 12.1. The molecule has 0 aromatic heterocycles. The van der Waals surface area contributed by atoms with Crippen LogP contribution in [0.1, 0.15) is 43.7 Å². The van der Waals surface area contributed by atoms with Crippen molar-refractivity contribution in [1.29, 1.82) is 0 Å². The number of carbonyl (C=O) groups excluding carboxylic acids is 2. The third-order valence-electron chi connectivity index (χ3n) is 4.53. The Balaban J connectivity index is 1.47. The average Bonchev–Trinajstić information content (AvgIpc) is 2.95. The molecule has 3 rings (SSSR count). The molecule has 4 nitrogen and oxygen atoms in total. The molecule has 1 aliphatic carbocycles. The second-order valence-electron chi connectivity index (χ2n) is 6.55. The van der Waals surface area contributed by atoms with Crippen LogP contribution in [0.5, 0.6) is 0 Å². The number of unbranched alkanes of at least 4 members (excludes halogenated alkanes) is 2. The molecule has 0 fully saturated rings. The number of anilines is 1. The van der Waals surface area contributed by atoms with E-state index in [9.17, 15) is 9.59 Å². The fourth-order valence-electron chi connectivity index (χ4n) is 3.30. The van der Waals surface area contributed by atoms with Gasteiger partial charge in [0.05, 0.1) is 0 Å². The molecule has 0 saturated heterocycles. The minimum Gasteiger partial charge on any atom is -0.356 e. The highest BCUT2D eigenvalue weighted by Gasteiger charge is 2.18. The zero-order chi connectivity index (χ0) is 17.6. The maximum atomic E-state index is 12.1. The number of nitrogens with one attached hydrogen (secondary N) is 2. The number of hydrogen-bond acceptors (Lipinski definition) is 2. The smallest absolute Gasteiger partial charge is 0.224 e. The van der Waals surface area contributed by atoms with E-state index in [1.807, 2.05) is 6.07 Å². The lowest BCUT2D eigenvalue weighted by Crippen LogP contribution is -2.20. The molecule has 2 aromatic carbocycles. The molecule has 4 heteroatoms. The fraction of sp³-hybridized carbons (Fsp3) is 0.333. The van der Waals surface area contributed by atoms with Gasteiger partial charge in [0.2, 0.25) is 11.8 Å². The molecular weight excluding hydrogens is 312 g/mol. The highest BCUT2D eigenvalue weighted by Crippen LogP contribution is 2.37. The summed E-state index contributed by atoms with van der Waals surface area (Å²) in [5.74, 6) is 0.0477. The van der Waals surface area contributed by atoms with Crippen molar-refractivity contribution < 1.29 is 9.59 Å². The van der Waals surface area contributed by atoms with Gasteiger partial charge in [0.1, 0.15) is 0 Å². The predicted molar refractivity (Wildman–Crippen MR) is 100 cm³/mol. The number of rotatable bonds is 7. The summed E-state index contributed by atoms with van der Waals surface area (Å²) in [5.41, 5.74) is 6.06. The molecule has 0 saturated carbocycles. The van der Waals surface area contributed by atoms with Crippen LogP contribution in [-0.2, 0) is 16.0 Å². The van der Waals surface area contributed by atoms with Crippen LogP contribution in [0.2, 0.25) is 0 Å². The van der Waals surface area contributed by atoms with Gasteiger partial charge in [0, 0.05) is 25.6 Å². The van der Waals surface area contributed by atoms with Gasteiger partial charge in [0.15, 0.2) is 0 Å². The Hall–Kier alpha value is -2.62. The molecule has 0 heterocycles. The van der Waals surface area contributed by atoms with Gasteiger partial charge in [-0.3, -0.25) is 9.59 Å². The summed E-state index contributed by atoms with van der Waals surface area (Å²) in [4.78, 5) is 22.9. The van der Waals surface area contributed by atoms with Gasteiger partial charge < -0.3 is 10.6 Å².